The van der Waals surface area contributed by atoms with E-state index in [1.54, 1.807) is 0 Å². The van der Waals surface area contributed by atoms with Crippen LogP contribution in [0, 0.1) is 13.8 Å². The molecular formula is C19H24Cl2N3S+. The van der Waals surface area contributed by atoms with Gasteiger partial charge in [0.2, 0.25) is 0 Å². The molecule has 1 atom stereocenters. The number of benzene rings is 2. The average Bonchev–Trinajstić information content (AvgIpc) is 2.52. The second-order valence-electron chi connectivity index (χ2n) is 6.43. The Balaban J connectivity index is 2.07. The number of likely N-dealkylation sites (N-methyl/N-ethyl adjacent to an activating group) is 1. The molecule has 6 heteroatoms. The number of hydrogen-bond acceptors (Lipinski definition) is 1. The third-order valence-corrected chi connectivity index (χ3v) is 5.00. The van der Waals surface area contributed by atoms with Crippen LogP contribution in [0.2, 0.25) is 10.0 Å². The summed E-state index contributed by atoms with van der Waals surface area (Å²) in [5, 5.41) is 8.49. The molecule has 0 bridgehead atoms. The quantitative estimate of drug-likeness (QED) is 0.671. The lowest BCUT2D eigenvalue weighted by Crippen LogP contribution is -3.07. The molecule has 2 aromatic carbocycles. The number of nitrogens with one attached hydrogen (secondary N) is 3. The normalized spacial score (nSPS) is 12.1. The predicted octanol–water partition coefficient (Wildman–Crippen LogP) is 3.78. The Bertz CT molecular complexity index is 739. The zero-order valence-corrected chi connectivity index (χ0v) is 17.2. The van der Waals surface area contributed by atoms with Gasteiger partial charge in [-0.25, -0.2) is 0 Å². The maximum atomic E-state index is 6.36. The first-order valence-electron chi connectivity index (χ1n) is 8.15. The first-order chi connectivity index (χ1) is 11.8. The van der Waals surface area contributed by atoms with Crippen LogP contribution in [0.1, 0.15) is 22.7 Å². The van der Waals surface area contributed by atoms with Crippen LogP contribution in [-0.4, -0.2) is 25.8 Å². The zero-order chi connectivity index (χ0) is 18.6. The third-order valence-electron chi connectivity index (χ3n) is 4.11. The Morgan fingerprint density at radius 1 is 1.12 bits per heavy atom. The summed E-state index contributed by atoms with van der Waals surface area (Å²) < 4.78 is 0. The second-order valence-corrected chi connectivity index (χ2v) is 7.65. The van der Waals surface area contributed by atoms with Gasteiger partial charge in [-0.2, -0.15) is 0 Å². The molecule has 0 aliphatic rings. The number of aryl methyl sites for hydroxylation is 2. The van der Waals surface area contributed by atoms with Gasteiger partial charge in [-0.15, -0.1) is 0 Å². The van der Waals surface area contributed by atoms with Gasteiger partial charge in [0, 0.05) is 10.6 Å². The van der Waals surface area contributed by atoms with Crippen LogP contribution in [0.4, 0.5) is 5.69 Å². The highest BCUT2D eigenvalue weighted by Crippen LogP contribution is 2.27. The van der Waals surface area contributed by atoms with Crippen LogP contribution in [0.25, 0.3) is 0 Å². The topological polar surface area (TPSA) is 28.5 Å². The van der Waals surface area contributed by atoms with Gasteiger partial charge in [-0.05, 0) is 49.3 Å². The van der Waals surface area contributed by atoms with Crippen molar-refractivity contribution in [3.63, 3.8) is 0 Å². The molecule has 0 aromatic heterocycles. The van der Waals surface area contributed by atoms with Crippen molar-refractivity contribution < 1.29 is 4.90 Å². The Labute approximate surface area is 165 Å². The summed E-state index contributed by atoms with van der Waals surface area (Å²) in [5.74, 6) is 0. The monoisotopic (exact) mass is 396 g/mol. The fourth-order valence-electron chi connectivity index (χ4n) is 2.81. The van der Waals surface area contributed by atoms with Gasteiger partial charge < -0.3 is 15.5 Å². The van der Waals surface area contributed by atoms with Gasteiger partial charge in [0.25, 0.3) is 0 Å². The summed E-state index contributed by atoms with van der Waals surface area (Å²) in [4.78, 5) is 1.27. The van der Waals surface area contributed by atoms with Gasteiger partial charge in [0.15, 0.2) is 5.11 Å². The molecule has 0 heterocycles. The van der Waals surface area contributed by atoms with Crippen molar-refractivity contribution in [3.05, 3.63) is 63.1 Å². The maximum absolute atomic E-state index is 6.36. The number of hydrogen-bond donors (Lipinski definition) is 3. The molecular weight excluding hydrogens is 373 g/mol. The van der Waals surface area contributed by atoms with E-state index in [0.29, 0.717) is 16.7 Å². The number of anilines is 1. The van der Waals surface area contributed by atoms with Crippen molar-refractivity contribution in [2.24, 2.45) is 0 Å². The molecule has 0 amide bonds. The number of quaternary nitrogens is 1. The summed E-state index contributed by atoms with van der Waals surface area (Å²) in [7, 11) is 4.21. The molecule has 134 valence electrons. The smallest absolute Gasteiger partial charge is 0.171 e. The molecule has 0 fully saturated rings. The Hall–Kier alpha value is -1.33. The highest BCUT2D eigenvalue weighted by molar-refractivity contribution is 7.80. The van der Waals surface area contributed by atoms with Crippen LogP contribution >= 0.6 is 35.4 Å². The molecule has 2 rings (SSSR count). The van der Waals surface area contributed by atoms with Crippen molar-refractivity contribution in [3.8, 4) is 0 Å². The van der Waals surface area contributed by atoms with Crippen molar-refractivity contribution in [1.29, 1.82) is 0 Å². The van der Waals surface area contributed by atoms with Crippen molar-refractivity contribution >= 4 is 46.2 Å². The average molecular weight is 397 g/mol. The minimum Gasteiger partial charge on any atom is -0.356 e. The molecule has 0 spiro atoms. The van der Waals surface area contributed by atoms with Crippen LogP contribution < -0.4 is 15.5 Å². The van der Waals surface area contributed by atoms with E-state index < -0.39 is 0 Å². The summed E-state index contributed by atoms with van der Waals surface area (Å²) in [6.45, 7) is 4.70. The van der Waals surface area contributed by atoms with Gasteiger partial charge >= 0.3 is 0 Å². The third kappa shape index (κ3) is 5.32. The van der Waals surface area contributed by atoms with Gasteiger partial charge in [-0.1, -0.05) is 47.5 Å². The lowest BCUT2D eigenvalue weighted by Gasteiger charge is -2.24. The summed E-state index contributed by atoms with van der Waals surface area (Å²) in [5.41, 5.74) is 4.14. The Morgan fingerprint density at radius 3 is 2.40 bits per heavy atom. The van der Waals surface area contributed by atoms with E-state index in [4.69, 9.17) is 35.4 Å². The molecule has 3 N–H and O–H groups in total. The Kier molecular flexibility index (Phi) is 7.08. The van der Waals surface area contributed by atoms with Crippen molar-refractivity contribution in [2.45, 2.75) is 19.9 Å². The molecule has 25 heavy (non-hydrogen) atoms. The minimum atomic E-state index is 0.183. The van der Waals surface area contributed by atoms with Crippen LogP contribution in [0.15, 0.2) is 36.4 Å². The first-order valence-corrected chi connectivity index (χ1v) is 9.32. The molecule has 0 saturated carbocycles. The van der Waals surface area contributed by atoms with Gasteiger partial charge in [0.05, 0.1) is 31.4 Å². The Morgan fingerprint density at radius 2 is 1.80 bits per heavy atom. The predicted molar refractivity (Wildman–Crippen MR) is 112 cm³/mol. The molecule has 3 nitrogen and oxygen atoms in total. The van der Waals surface area contributed by atoms with Crippen LogP contribution in [-0.2, 0) is 0 Å². The highest BCUT2D eigenvalue weighted by atomic mass is 35.5. The number of rotatable bonds is 5. The number of thiocarbonyl (C=S) groups is 1. The van der Waals surface area contributed by atoms with E-state index in [-0.39, 0.29) is 6.04 Å². The molecule has 2 aromatic rings. The van der Waals surface area contributed by atoms with Gasteiger partial charge in [-0.3, -0.25) is 0 Å². The van der Waals surface area contributed by atoms with E-state index in [2.05, 4.69) is 36.9 Å². The van der Waals surface area contributed by atoms with Crippen LogP contribution in [0.3, 0.4) is 0 Å². The second kappa shape index (κ2) is 8.86. The fraction of sp³-hybridized carbons (Fsp3) is 0.316. The molecule has 0 radical (unpaired) electrons. The van der Waals surface area contributed by atoms with E-state index in [1.165, 1.54) is 4.90 Å². The maximum Gasteiger partial charge on any atom is 0.171 e. The fourth-order valence-corrected chi connectivity index (χ4v) is 3.63. The summed E-state index contributed by atoms with van der Waals surface area (Å²) in [6.07, 6.45) is 0. The standard InChI is InChI=1S/C19H23Cl2N3S/c1-12-9-13(2)18(16(21)10-12)23-19(25)22-11-17(24(3)4)14-7-5-6-8-15(14)20/h5-10,17H,11H2,1-4H3,(H2,22,23,25)/p+1/t17-/m0/s1. The minimum absolute atomic E-state index is 0.183. The van der Waals surface area contributed by atoms with E-state index >= 15 is 0 Å². The first kappa shape index (κ1) is 20.0. The zero-order valence-electron chi connectivity index (χ0n) is 14.9. The van der Waals surface area contributed by atoms with Crippen molar-refractivity contribution in [2.75, 3.05) is 26.0 Å². The number of halogens is 2. The van der Waals surface area contributed by atoms with Crippen LogP contribution in [0.5, 0.6) is 0 Å². The van der Waals surface area contributed by atoms with E-state index in [1.807, 2.05) is 38.1 Å². The SMILES string of the molecule is Cc1cc(C)c(NC(=S)NC[C@@H](c2ccccc2Cl)[NH+](C)C)c(Cl)c1. The lowest BCUT2D eigenvalue weighted by atomic mass is 10.1. The van der Waals surface area contributed by atoms with Crippen molar-refractivity contribution in [1.82, 2.24) is 5.32 Å². The molecule has 0 aliphatic heterocycles. The summed E-state index contributed by atoms with van der Waals surface area (Å²) in [6, 6.07) is 12.1. The van der Waals surface area contributed by atoms with E-state index in [9.17, 15) is 0 Å². The molecule has 0 aliphatic carbocycles. The largest absolute Gasteiger partial charge is 0.356 e. The molecule has 0 unspecified atom stereocenters. The lowest BCUT2D eigenvalue weighted by molar-refractivity contribution is -0.890. The highest BCUT2D eigenvalue weighted by Gasteiger charge is 2.20. The van der Waals surface area contributed by atoms with E-state index in [0.717, 1.165) is 27.4 Å². The van der Waals surface area contributed by atoms with Gasteiger partial charge in [0.1, 0.15) is 6.04 Å². The summed E-state index contributed by atoms with van der Waals surface area (Å²) >= 11 is 18.1. The molecule has 0 saturated heterocycles.